The van der Waals surface area contributed by atoms with Crippen LogP contribution in [0.25, 0.3) is 0 Å². The third-order valence-corrected chi connectivity index (χ3v) is 3.39. The van der Waals surface area contributed by atoms with Crippen LogP contribution >= 0.6 is 0 Å². The van der Waals surface area contributed by atoms with Gasteiger partial charge < -0.3 is 9.84 Å². The zero-order valence-corrected chi connectivity index (χ0v) is 12.1. The van der Waals surface area contributed by atoms with Crippen LogP contribution in [0.3, 0.4) is 0 Å². The minimum absolute atomic E-state index is 0.0919. The molecule has 0 amide bonds. The third kappa shape index (κ3) is 5.75. The third-order valence-electron chi connectivity index (χ3n) is 3.39. The predicted molar refractivity (Wildman–Crippen MR) is 80.3 cm³/mol. The second-order valence-electron chi connectivity index (χ2n) is 5.41. The van der Waals surface area contributed by atoms with Crippen LogP contribution in [0.4, 0.5) is 0 Å². The molecule has 3 nitrogen and oxygen atoms in total. The molecule has 2 rings (SSSR count). The van der Waals surface area contributed by atoms with Gasteiger partial charge in [-0.2, -0.15) is 0 Å². The Morgan fingerprint density at radius 2 is 2.05 bits per heavy atom. The summed E-state index contributed by atoms with van der Waals surface area (Å²) in [6.07, 6.45) is 2.70. The normalized spacial score (nSPS) is 14.2. The molecule has 0 unspecified atom stereocenters. The van der Waals surface area contributed by atoms with Gasteiger partial charge in [-0.1, -0.05) is 24.0 Å². The number of rotatable bonds is 7. The number of aliphatic hydroxyl groups is 1. The standard InChI is InChI=1S/C17H23NO2/c1-18(10-12-20-14-17-8-9-17)13-16-6-4-15(5-7-16)3-2-11-19/h4-7,17,19H,8-14H2,1H3. The summed E-state index contributed by atoms with van der Waals surface area (Å²) >= 11 is 0. The Morgan fingerprint density at radius 1 is 1.30 bits per heavy atom. The molecule has 1 aromatic rings. The second kappa shape index (κ2) is 8.06. The number of benzene rings is 1. The molecule has 3 heteroatoms. The van der Waals surface area contributed by atoms with E-state index in [0.29, 0.717) is 0 Å². The highest BCUT2D eigenvalue weighted by atomic mass is 16.5. The van der Waals surface area contributed by atoms with Crippen molar-refractivity contribution >= 4 is 0 Å². The lowest BCUT2D eigenvalue weighted by Gasteiger charge is -2.16. The average Bonchev–Trinajstić information content (AvgIpc) is 3.27. The molecule has 0 spiro atoms. The fraction of sp³-hybridized carbons (Fsp3) is 0.529. The van der Waals surface area contributed by atoms with Crippen LogP contribution in [0.15, 0.2) is 24.3 Å². The topological polar surface area (TPSA) is 32.7 Å². The summed E-state index contributed by atoms with van der Waals surface area (Å²) in [6.45, 7) is 3.53. The van der Waals surface area contributed by atoms with Gasteiger partial charge in [-0.15, -0.1) is 0 Å². The summed E-state index contributed by atoms with van der Waals surface area (Å²) < 4.78 is 5.65. The van der Waals surface area contributed by atoms with E-state index >= 15 is 0 Å². The van der Waals surface area contributed by atoms with Gasteiger partial charge in [-0.05, 0) is 43.5 Å². The molecule has 0 aliphatic heterocycles. The van der Waals surface area contributed by atoms with E-state index in [1.54, 1.807) is 0 Å². The van der Waals surface area contributed by atoms with Gasteiger partial charge in [0.05, 0.1) is 6.61 Å². The molecule has 108 valence electrons. The first-order valence-electron chi connectivity index (χ1n) is 7.23. The highest BCUT2D eigenvalue weighted by Crippen LogP contribution is 2.28. The maximum atomic E-state index is 8.65. The van der Waals surface area contributed by atoms with Crippen molar-refractivity contribution in [2.75, 3.05) is 33.4 Å². The van der Waals surface area contributed by atoms with E-state index in [4.69, 9.17) is 9.84 Å². The molecule has 0 saturated heterocycles. The van der Waals surface area contributed by atoms with Crippen LogP contribution in [0, 0.1) is 17.8 Å². The van der Waals surface area contributed by atoms with Crippen LogP contribution in [-0.4, -0.2) is 43.4 Å². The number of aliphatic hydroxyl groups excluding tert-OH is 1. The molecule has 0 aromatic heterocycles. The van der Waals surface area contributed by atoms with Crippen molar-refractivity contribution in [3.8, 4) is 11.8 Å². The predicted octanol–water partition coefficient (Wildman–Crippen LogP) is 1.89. The molecule has 1 fully saturated rings. The molecule has 1 N–H and O–H groups in total. The van der Waals surface area contributed by atoms with E-state index in [9.17, 15) is 0 Å². The van der Waals surface area contributed by atoms with Crippen molar-refractivity contribution in [1.29, 1.82) is 0 Å². The van der Waals surface area contributed by atoms with Crippen LogP contribution in [-0.2, 0) is 11.3 Å². The molecule has 1 aromatic carbocycles. The molecule has 1 saturated carbocycles. The van der Waals surface area contributed by atoms with Gasteiger partial charge in [0, 0.05) is 25.3 Å². The summed E-state index contributed by atoms with van der Waals surface area (Å²) in [5, 5.41) is 8.65. The number of hydrogen-bond acceptors (Lipinski definition) is 3. The van der Waals surface area contributed by atoms with Crippen molar-refractivity contribution in [1.82, 2.24) is 4.90 Å². The van der Waals surface area contributed by atoms with Gasteiger partial charge in [-0.3, -0.25) is 4.90 Å². The van der Waals surface area contributed by atoms with E-state index in [1.807, 2.05) is 12.1 Å². The van der Waals surface area contributed by atoms with Gasteiger partial charge in [0.2, 0.25) is 0 Å². The van der Waals surface area contributed by atoms with E-state index in [1.165, 1.54) is 18.4 Å². The maximum Gasteiger partial charge on any atom is 0.104 e. The van der Waals surface area contributed by atoms with E-state index < -0.39 is 0 Å². The zero-order chi connectivity index (χ0) is 14.2. The van der Waals surface area contributed by atoms with Crippen LogP contribution in [0.2, 0.25) is 0 Å². The van der Waals surface area contributed by atoms with Gasteiger partial charge >= 0.3 is 0 Å². The van der Waals surface area contributed by atoms with Gasteiger partial charge in [-0.25, -0.2) is 0 Å². The molecule has 1 aliphatic carbocycles. The van der Waals surface area contributed by atoms with Crippen molar-refractivity contribution in [2.24, 2.45) is 5.92 Å². The lowest BCUT2D eigenvalue weighted by Crippen LogP contribution is -2.23. The van der Waals surface area contributed by atoms with Crippen molar-refractivity contribution in [3.63, 3.8) is 0 Å². The lowest BCUT2D eigenvalue weighted by molar-refractivity contribution is 0.102. The highest BCUT2D eigenvalue weighted by molar-refractivity contribution is 5.36. The van der Waals surface area contributed by atoms with Crippen LogP contribution < -0.4 is 0 Å². The van der Waals surface area contributed by atoms with E-state index in [-0.39, 0.29) is 6.61 Å². The smallest absolute Gasteiger partial charge is 0.104 e. The summed E-state index contributed by atoms with van der Waals surface area (Å²) in [5.41, 5.74) is 2.21. The Labute approximate surface area is 121 Å². The van der Waals surface area contributed by atoms with Gasteiger partial charge in [0.1, 0.15) is 6.61 Å². The summed E-state index contributed by atoms with van der Waals surface area (Å²) in [6, 6.07) is 8.16. The number of likely N-dealkylation sites (N-methyl/N-ethyl adjacent to an activating group) is 1. The van der Waals surface area contributed by atoms with Crippen molar-refractivity contribution in [2.45, 2.75) is 19.4 Å². The molecule has 0 heterocycles. The monoisotopic (exact) mass is 273 g/mol. The molecular formula is C17H23NO2. The van der Waals surface area contributed by atoms with E-state index in [0.717, 1.165) is 37.8 Å². The number of nitrogens with zero attached hydrogens (tertiary/aromatic N) is 1. The molecular weight excluding hydrogens is 250 g/mol. The molecule has 0 radical (unpaired) electrons. The van der Waals surface area contributed by atoms with Crippen LogP contribution in [0.5, 0.6) is 0 Å². The quantitative estimate of drug-likeness (QED) is 0.608. The molecule has 0 bridgehead atoms. The van der Waals surface area contributed by atoms with Crippen molar-refractivity contribution < 1.29 is 9.84 Å². The summed E-state index contributed by atoms with van der Waals surface area (Å²) in [5.74, 6) is 6.39. The maximum absolute atomic E-state index is 8.65. The van der Waals surface area contributed by atoms with Gasteiger partial charge in [0.15, 0.2) is 0 Å². The minimum atomic E-state index is -0.0919. The molecule has 0 atom stereocenters. The Balaban J connectivity index is 1.68. The first-order valence-corrected chi connectivity index (χ1v) is 7.23. The SMILES string of the molecule is CN(CCOCC1CC1)Cc1ccc(C#CCO)cc1. The Morgan fingerprint density at radius 3 is 2.70 bits per heavy atom. The van der Waals surface area contributed by atoms with E-state index in [2.05, 4.69) is 35.9 Å². The minimum Gasteiger partial charge on any atom is -0.384 e. The zero-order valence-electron chi connectivity index (χ0n) is 12.1. The highest BCUT2D eigenvalue weighted by Gasteiger charge is 2.20. The van der Waals surface area contributed by atoms with Crippen LogP contribution in [0.1, 0.15) is 24.0 Å². The van der Waals surface area contributed by atoms with Gasteiger partial charge in [0.25, 0.3) is 0 Å². The summed E-state index contributed by atoms with van der Waals surface area (Å²) in [4.78, 5) is 2.27. The fourth-order valence-electron chi connectivity index (χ4n) is 1.98. The molecule has 1 aliphatic rings. The Bertz CT molecular complexity index is 454. The van der Waals surface area contributed by atoms with Crippen molar-refractivity contribution in [3.05, 3.63) is 35.4 Å². The fourth-order valence-corrected chi connectivity index (χ4v) is 1.98. The lowest BCUT2D eigenvalue weighted by atomic mass is 10.1. The largest absolute Gasteiger partial charge is 0.384 e. The average molecular weight is 273 g/mol. The Kier molecular flexibility index (Phi) is 6.07. The first-order chi connectivity index (χ1) is 9.78. The first kappa shape index (κ1) is 15.1. The summed E-state index contributed by atoms with van der Waals surface area (Å²) in [7, 11) is 2.11. The number of ether oxygens (including phenoxy) is 1. The molecule has 20 heavy (non-hydrogen) atoms. The Hall–Kier alpha value is -1.34. The number of hydrogen-bond donors (Lipinski definition) is 1. The second-order valence-corrected chi connectivity index (χ2v) is 5.41.